The van der Waals surface area contributed by atoms with Crippen molar-refractivity contribution in [2.45, 2.75) is 0 Å². The Kier molecular flexibility index (Phi) is 3.10. The van der Waals surface area contributed by atoms with E-state index in [4.69, 9.17) is 0 Å². The smallest absolute Gasteiger partial charge is 0.330 e. The van der Waals surface area contributed by atoms with Crippen molar-refractivity contribution in [1.29, 1.82) is 0 Å². The summed E-state index contributed by atoms with van der Waals surface area (Å²) in [5, 5.41) is 11.3. The summed E-state index contributed by atoms with van der Waals surface area (Å²) in [6, 6.07) is 10.9. The van der Waals surface area contributed by atoms with Crippen LogP contribution in [0.3, 0.4) is 0 Å². The molecule has 0 atom stereocenters. The van der Waals surface area contributed by atoms with Crippen LogP contribution in [-0.2, 0) is 9.53 Å². The highest BCUT2D eigenvalue weighted by Gasteiger charge is 1.97. The van der Waals surface area contributed by atoms with Crippen molar-refractivity contribution >= 4 is 22.8 Å². The minimum Gasteiger partial charge on any atom is -0.508 e. The molecule has 3 nitrogen and oxygen atoms in total. The number of phenols is 1. The molecule has 17 heavy (non-hydrogen) atoms. The van der Waals surface area contributed by atoms with Gasteiger partial charge in [-0.15, -0.1) is 0 Å². The first kappa shape index (κ1) is 11.2. The number of fused-ring (bicyclic) bond motifs is 1. The van der Waals surface area contributed by atoms with E-state index in [1.165, 1.54) is 13.2 Å². The third-order valence-corrected chi connectivity index (χ3v) is 2.46. The van der Waals surface area contributed by atoms with Crippen LogP contribution in [0.2, 0.25) is 0 Å². The molecule has 2 aromatic carbocycles. The molecule has 0 saturated heterocycles. The van der Waals surface area contributed by atoms with Gasteiger partial charge in [-0.1, -0.05) is 18.2 Å². The van der Waals surface area contributed by atoms with E-state index < -0.39 is 0 Å². The summed E-state index contributed by atoms with van der Waals surface area (Å²) in [6.07, 6.45) is 3.07. The highest BCUT2D eigenvalue weighted by Crippen LogP contribution is 2.21. The highest BCUT2D eigenvalue weighted by atomic mass is 16.5. The van der Waals surface area contributed by atoms with Crippen LogP contribution >= 0.6 is 0 Å². The molecule has 86 valence electrons. The van der Waals surface area contributed by atoms with Crippen LogP contribution in [0.1, 0.15) is 5.56 Å². The minimum atomic E-state index is -0.379. The Hall–Kier alpha value is -2.29. The molecule has 0 spiro atoms. The second-order valence-corrected chi connectivity index (χ2v) is 3.65. The zero-order valence-electron chi connectivity index (χ0n) is 9.38. The van der Waals surface area contributed by atoms with E-state index in [2.05, 4.69) is 4.74 Å². The maximum absolute atomic E-state index is 11.0. The van der Waals surface area contributed by atoms with E-state index in [0.29, 0.717) is 0 Å². The van der Waals surface area contributed by atoms with Gasteiger partial charge in [0.2, 0.25) is 0 Å². The van der Waals surface area contributed by atoms with Crippen LogP contribution in [0.5, 0.6) is 5.75 Å². The van der Waals surface area contributed by atoms with Crippen molar-refractivity contribution in [2.24, 2.45) is 0 Å². The average Bonchev–Trinajstić information content (AvgIpc) is 2.35. The molecule has 1 N–H and O–H groups in total. The molecule has 0 amide bonds. The van der Waals surface area contributed by atoms with Crippen LogP contribution in [0.25, 0.3) is 16.8 Å². The number of carbonyl (C=O) groups is 1. The van der Waals surface area contributed by atoms with Gasteiger partial charge < -0.3 is 9.84 Å². The summed E-state index contributed by atoms with van der Waals surface area (Å²) >= 11 is 0. The van der Waals surface area contributed by atoms with Gasteiger partial charge in [-0.2, -0.15) is 0 Å². The fraction of sp³-hybridized carbons (Fsp3) is 0.0714. The normalized spacial score (nSPS) is 10.9. The predicted molar refractivity (Wildman–Crippen MR) is 66.7 cm³/mol. The number of hydrogen-bond donors (Lipinski definition) is 1. The molecule has 0 fully saturated rings. The Balaban J connectivity index is 2.35. The van der Waals surface area contributed by atoms with Gasteiger partial charge in [-0.25, -0.2) is 4.79 Å². The number of rotatable bonds is 2. The number of phenolic OH excluding ortho intramolecular Hbond substituents is 1. The quantitative estimate of drug-likeness (QED) is 0.635. The highest BCUT2D eigenvalue weighted by molar-refractivity contribution is 5.90. The number of ether oxygens (including phenoxy) is 1. The van der Waals surface area contributed by atoms with Gasteiger partial charge in [0.25, 0.3) is 0 Å². The Bertz CT molecular complexity index is 585. The molecule has 0 aliphatic carbocycles. The third kappa shape index (κ3) is 2.64. The molecule has 2 rings (SSSR count). The first-order valence-electron chi connectivity index (χ1n) is 5.18. The Labute approximate surface area is 99.0 Å². The van der Waals surface area contributed by atoms with Crippen molar-refractivity contribution in [1.82, 2.24) is 0 Å². The van der Waals surface area contributed by atoms with Crippen LogP contribution in [-0.4, -0.2) is 18.2 Å². The first-order valence-corrected chi connectivity index (χ1v) is 5.18. The molecule has 0 saturated carbocycles. The zero-order chi connectivity index (χ0) is 12.3. The van der Waals surface area contributed by atoms with Crippen molar-refractivity contribution in [3.8, 4) is 5.75 Å². The second-order valence-electron chi connectivity index (χ2n) is 3.65. The fourth-order valence-corrected chi connectivity index (χ4v) is 1.59. The molecular weight excluding hydrogens is 216 g/mol. The van der Waals surface area contributed by atoms with Crippen molar-refractivity contribution in [2.75, 3.05) is 7.11 Å². The second kappa shape index (κ2) is 4.70. The monoisotopic (exact) mass is 228 g/mol. The predicted octanol–water partition coefficient (Wildman–Crippen LogP) is 2.73. The maximum atomic E-state index is 11.0. The summed E-state index contributed by atoms with van der Waals surface area (Å²) in [4.78, 5) is 11.0. The van der Waals surface area contributed by atoms with Crippen LogP contribution in [0.4, 0.5) is 0 Å². The number of hydrogen-bond acceptors (Lipinski definition) is 3. The molecule has 0 bridgehead atoms. The topological polar surface area (TPSA) is 46.5 Å². The summed E-state index contributed by atoms with van der Waals surface area (Å²) in [7, 11) is 1.34. The molecule has 0 heterocycles. The number of benzene rings is 2. The summed E-state index contributed by atoms with van der Waals surface area (Å²) < 4.78 is 4.52. The SMILES string of the molecule is COC(=O)/C=C/c1ccc2cc(O)ccc2c1. The number of aromatic hydroxyl groups is 1. The third-order valence-electron chi connectivity index (χ3n) is 2.46. The lowest BCUT2D eigenvalue weighted by Crippen LogP contribution is -1.93. The van der Waals surface area contributed by atoms with Gasteiger partial charge in [0, 0.05) is 6.08 Å². The summed E-state index contributed by atoms with van der Waals surface area (Å²) in [5.41, 5.74) is 0.911. The van der Waals surface area contributed by atoms with E-state index in [0.717, 1.165) is 16.3 Å². The lowest BCUT2D eigenvalue weighted by Gasteiger charge is -2.00. The molecule has 0 aliphatic heterocycles. The van der Waals surface area contributed by atoms with E-state index in [1.54, 1.807) is 18.2 Å². The lowest BCUT2D eigenvalue weighted by molar-refractivity contribution is -0.134. The molecule has 3 heteroatoms. The Morgan fingerprint density at radius 2 is 1.88 bits per heavy atom. The van der Waals surface area contributed by atoms with Gasteiger partial charge in [-0.3, -0.25) is 0 Å². The Morgan fingerprint density at radius 1 is 1.18 bits per heavy atom. The minimum absolute atomic E-state index is 0.246. The van der Waals surface area contributed by atoms with Crippen LogP contribution in [0, 0.1) is 0 Å². The fourth-order valence-electron chi connectivity index (χ4n) is 1.59. The lowest BCUT2D eigenvalue weighted by atomic mass is 10.1. The van der Waals surface area contributed by atoms with Crippen LogP contribution < -0.4 is 0 Å². The van der Waals surface area contributed by atoms with Gasteiger partial charge in [0.05, 0.1) is 7.11 Å². The summed E-state index contributed by atoms with van der Waals surface area (Å²) in [6.45, 7) is 0. The molecule has 0 aliphatic rings. The largest absolute Gasteiger partial charge is 0.508 e. The zero-order valence-corrected chi connectivity index (χ0v) is 9.38. The number of carbonyl (C=O) groups excluding carboxylic acids is 1. The maximum Gasteiger partial charge on any atom is 0.330 e. The molecule has 2 aromatic rings. The van der Waals surface area contributed by atoms with Gasteiger partial charge in [0.1, 0.15) is 5.75 Å². The van der Waals surface area contributed by atoms with Gasteiger partial charge >= 0.3 is 5.97 Å². The van der Waals surface area contributed by atoms with E-state index in [9.17, 15) is 9.90 Å². The van der Waals surface area contributed by atoms with E-state index >= 15 is 0 Å². The van der Waals surface area contributed by atoms with Gasteiger partial charge in [-0.05, 0) is 40.6 Å². The Morgan fingerprint density at radius 3 is 2.65 bits per heavy atom. The first-order chi connectivity index (χ1) is 8.19. The van der Waals surface area contributed by atoms with Crippen molar-refractivity contribution < 1.29 is 14.6 Å². The molecule has 0 aromatic heterocycles. The van der Waals surface area contributed by atoms with Crippen molar-refractivity contribution in [3.63, 3.8) is 0 Å². The standard InChI is InChI=1S/C14H12O3/c1-17-14(16)7-3-10-2-4-12-9-13(15)6-5-11(12)8-10/h2-9,15H,1H3/b7-3+. The number of esters is 1. The molecule has 0 unspecified atom stereocenters. The van der Waals surface area contributed by atoms with E-state index in [-0.39, 0.29) is 11.7 Å². The van der Waals surface area contributed by atoms with E-state index in [1.807, 2.05) is 24.3 Å². The van der Waals surface area contributed by atoms with Crippen molar-refractivity contribution in [3.05, 3.63) is 48.0 Å². The molecule has 0 radical (unpaired) electrons. The number of methoxy groups -OCH3 is 1. The summed E-state index contributed by atoms with van der Waals surface area (Å²) in [5.74, 6) is -0.133. The van der Waals surface area contributed by atoms with Crippen LogP contribution in [0.15, 0.2) is 42.5 Å². The molecular formula is C14H12O3. The average molecular weight is 228 g/mol. The van der Waals surface area contributed by atoms with Gasteiger partial charge in [0.15, 0.2) is 0 Å².